The third-order valence-electron chi connectivity index (χ3n) is 2.97. The predicted molar refractivity (Wildman–Crippen MR) is 56.6 cm³/mol. The molecular weight excluding hydrogens is 228 g/mol. The first-order chi connectivity index (χ1) is 6.27. The van der Waals surface area contributed by atoms with E-state index in [9.17, 15) is 0 Å². The first kappa shape index (κ1) is 9.25. The van der Waals surface area contributed by atoms with Crippen LogP contribution < -0.4 is 0 Å². The Balaban J connectivity index is 2.07. The van der Waals surface area contributed by atoms with Crippen LogP contribution in [0, 0.1) is 5.92 Å². The van der Waals surface area contributed by atoms with Crippen LogP contribution in [0.5, 0.6) is 0 Å². The zero-order valence-electron chi connectivity index (χ0n) is 7.96. The van der Waals surface area contributed by atoms with Crippen LogP contribution in [0.1, 0.15) is 31.4 Å². The van der Waals surface area contributed by atoms with Crippen molar-refractivity contribution in [3.63, 3.8) is 0 Å². The van der Waals surface area contributed by atoms with Crippen LogP contribution >= 0.6 is 15.9 Å². The van der Waals surface area contributed by atoms with Gasteiger partial charge < -0.3 is 0 Å². The Morgan fingerprint density at radius 2 is 2.23 bits per heavy atom. The molecule has 0 aromatic carbocycles. The highest BCUT2D eigenvalue weighted by Gasteiger charge is 2.18. The van der Waals surface area contributed by atoms with Crippen LogP contribution in [0.2, 0.25) is 0 Å². The molecule has 1 aromatic rings. The topological polar surface area (TPSA) is 17.8 Å². The average molecular weight is 243 g/mol. The SMILES string of the molecule is Cn1ncc(Br)c1CC1CCCC1. The minimum Gasteiger partial charge on any atom is -0.271 e. The van der Waals surface area contributed by atoms with Gasteiger partial charge in [-0.3, -0.25) is 4.68 Å². The minimum absolute atomic E-state index is 0.895. The maximum Gasteiger partial charge on any atom is 0.0635 e. The lowest BCUT2D eigenvalue weighted by molar-refractivity contribution is 0.520. The summed E-state index contributed by atoms with van der Waals surface area (Å²) < 4.78 is 3.16. The first-order valence-electron chi connectivity index (χ1n) is 4.93. The molecule has 0 aliphatic heterocycles. The molecule has 1 aliphatic rings. The molecule has 0 atom stereocenters. The van der Waals surface area contributed by atoms with Crippen molar-refractivity contribution in [1.82, 2.24) is 9.78 Å². The number of aromatic nitrogens is 2. The van der Waals surface area contributed by atoms with E-state index in [0.29, 0.717) is 0 Å². The molecule has 1 heterocycles. The van der Waals surface area contributed by atoms with Gasteiger partial charge in [0.2, 0.25) is 0 Å². The Hall–Kier alpha value is -0.310. The number of halogens is 1. The number of hydrogen-bond acceptors (Lipinski definition) is 1. The molecule has 72 valence electrons. The van der Waals surface area contributed by atoms with Crippen molar-refractivity contribution in [3.05, 3.63) is 16.4 Å². The second-order valence-corrected chi connectivity index (χ2v) is 4.77. The number of hydrogen-bond donors (Lipinski definition) is 0. The quantitative estimate of drug-likeness (QED) is 0.780. The van der Waals surface area contributed by atoms with Crippen molar-refractivity contribution in [2.45, 2.75) is 32.1 Å². The lowest BCUT2D eigenvalue weighted by atomic mass is 10.0. The zero-order valence-corrected chi connectivity index (χ0v) is 9.55. The molecule has 2 nitrogen and oxygen atoms in total. The summed E-state index contributed by atoms with van der Waals surface area (Å²) in [5.74, 6) is 0.895. The molecule has 2 rings (SSSR count). The monoisotopic (exact) mass is 242 g/mol. The van der Waals surface area contributed by atoms with E-state index in [1.54, 1.807) is 0 Å². The molecule has 3 heteroatoms. The van der Waals surface area contributed by atoms with Gasteiger partial charge in [0.05, 0.1) is 16.4 Å². The Bertz CT molecular complexity index is 268. The van der Waals surface area contributed by atoms with Crippen LogP contribution in [-0.2, 0) is 13.5 Å². The van der Waals surface area contributed by atoms with Crippen LogP contribution in [0.25, 0.3) is 0 Å². The molecule has 1 fully saturated rings. The van der Waals surface area contributed by atoms with E-state index in [1.807, 2.05) is 17.9 Å². The Morgan fingerprint density at radius 3 is 2.77 bits per heavy atom. The fourth-order valence-electron chi connectivity index (χ4n) is 2.15. The summed E-state index contributed by atoms with van der Waals surface area (Å²) in [6.07, 6.45) is 8.72. The molecule has 0 unspecified atom stereocenters. The number of aryl methyl sites for hydroxylation is 1. The Kier molecular flexibility index (Phi) is 2.72. The second-order valence-electron chi connectivity index (χ2n) is 3.92. The second kappa shape index (κ2) is 3.82. The van der Waals surface area contributed by atoms with Crippen LogP contribution in [0.15, 0.2) is 10.7 Å². The van der Waals surface area contributed by atoms with Crippen molar-refractivity contribution >= 4 is 15.9 Å². The molecular formula is C10H15BrN2. The number of rotatable bonds is 2. The smallest absolute Gasteiger partial charge is 0.0635 e. The van der Waals surface area contributed by atoms with Gasteiger partial charge in [0.1, 0.15) is 0 Å². The van der Waals surface area contributed by atoms with Gasteiger partial charge in [-0.25, -0.2) is 0 Å². The minimum atomic E-state index is 0.895. The van der Waals surface area contributed by atoms with Crippen molar-refractivity contribution in [2.24, 2.45) is 13.0 Å². The van der Waals surface area contributed by atoms with Crippen molar-refractivity contribution in [3.8, 4) is 0 Å². The summed E-state index contributed by atoms with van der Waals surface area (Å²) in [6.45, 7) is 0. The van der Waals surface area contributed by atoms with Crippen molar-refractivity contribution in [2.75, 3.05) is 0 Å². The molecule has 13 heavy (non-hydrogen) atoms. The van der Waals surface area contributed by atoms with E-state index in [2.05, 4.69) is 21.0 Å². The van der Waals surface area contributed by atoms with Gasteiger partial charge in [-0.15, -0.1) is 0 Å². The van der Waals surface area contributed by atoms with Crippen molar-refractivity contribution in [1.29, 1.82) is 0 Å². The van der Waals surface area contributed by atoms with Gasteiger partial charge in [0, 0.05) is 7.05 Å². The van der Waals surface area contributed by atoms with Gasteiger partial charge in [-0.2, -0.15) is 5.10 Å². The van der Waals surface area contributed by atoms with Gasteiger partial charge in [-0.05, 0) is 28.3 Å². The van der Waals surface area contributed by atoms with Crippen molar-refractivity contribution < 1.29 is 0 Å². The van der Waals surface area contributed by atoms with E-state index in [0.717, 1.165) is 5.92 Å². The molecule has 0 N–H and O–H groups in total. The summed E-state index contributed by atoms with van der Waals surface area (Å²) in [5.41, 5.74) is 1.35. The predicted octanol–water partition coefficient (Wildman–Crippen LogP) is 2.92. The molecule has 0 saturated heterocycles. The van der Waals surface area contributed by atoms with E-state index in [1.165, 1.54) is 42.3 Å². The summed E-state index contributed by atoms with van der Waals surface area (Å²) in [7, 11) is 2.02. The van der Waals surface area contributed by atoms with Gasteiger partial charge in [-0.1, -0.05) is 25.7 Å². The third kappa shape index (κ3) is 1.96. The van der Waals surface area contributed by atoms with Gasteiger partial charge in [0.15, 0.2) is 0 Å². The first-order valence-corrected chi connectivity index (χ1v) is 5.73. The van der Waals surface area contributed by atoms with E-state index >= 15 is 0 Å². The fraction of sp³-hybridized carbons (Fsp3) is 0.700. The van der Waals surface area contributed by atoms with E-state index in [4.69, 9.17) is 0 Å². The highest BCUT2D eigenvalue weighted by Crippen LogP contribution is 2.29. The van der Waals surface area contributed by atoms with Gasteiger partial charge in [0.25, 0.3) is 0 Å². The fourth-order valence-corrected chi connectivity index (χ4v) is 2.66. The summed E-state index contributed by atoms with van der Waals surface area (Å²) in [6, 6.07) is 0. The lowest BCUT2D eigenvalue weighted by Crippen LogP contribution is -2.05. The molecule has 1 aliphatic carbocycles. The van der Waals surface area contributed by atoms with Crippen LogP contribution in [-0.4, -0.2) is 9.78 Å². The molecule has 1 saturated carbocycles. The Morgan fingerprint density at radius 1 is 1.54 bits per heavy atom. The highest BCUT2D eigenvalue weighted by molar-refractivity contribution is 9.10. The van der Waals surface area contributed by atoms with Gasteiger partial charge >= 0.3 is 0 Å². The summed E-state index contributed by atoms with van der Waals surface area (Å²) in [4.78, 5) is 0. The largest absolute Gasteiger partial charge is 0.271 e. The highest BCUT2D eigenvalue weighted by atomic mass is 79.9. The maximum absolute atomic E-state index is 4.23. The van der Waals surface area contributed by atoms with E-state index < -0.39 is 0 Å². The maximum atomic E-state index is 4.23. The third-order valence-corrected chi connectivity index (χ3v) is 3.63. The Labute approximate surface area is 87.5 Å². The van der Waals surface area contributed by atoms with Crippen LogP contribution in [0.3, 0.4) is 0 Å². The van der Waals surface area contributed by atoms with Crippen LogP contribution in [0.4, 0.5) is 0 Å². The molecule has 1 aromatic heterocycles. The summed E-state index contributed by atoms with van der Waals surface area (Å²) in [5, 5.41) is 4.23. The molecule has 0 radical (unpaired) electrons. The van der Waals surface area contributed by atoms with E-state index in [-0.39, 0.29) is 0 Å². The molecule has 0 amide bonds. The molecule has 0 bridgehead atoms. The normalized spacial score (nSPS) is 18.3. The zero-order chi connectivity index (χ0) is 9.26. The molecule has 0 spiro atoms. The lowest BCUT2D eigenvalue weighted by Gasteiger charge is -2.09. The average Bonchev–Trinajstić information content (AvgIpc) is 2.70. The standard InChI is InChI=1S/C10H15BrN2/c1-13-10(9(11)7-12-13)6-8-4-2-3-5-8/h7-8H,2-6H2,1H3. The summed E-state index contributed by atoms with van der Waals surface area (Å²) >= 11 is 3.54. The number of nitrogens with zero attached hydrogens (tertiary/aromatic N) is 2.